The largest absolute Gasteiger partial charge is 0.334 e. The fourth-order valence-corrected chi connectivity index (χ4v) is 6.71. The molecule has 2 aromatic rings. The van der Waals surface area contributed by atoms with Crippen molar-refractivity contribution >= 4 is 0 Å². The van der Waals surface area contributed by atoms with Crippen LogP contribution in [-0.4, -0.2) is 9.55 Å². The molecule has 1 aromatic carbocycles. The molecule has 0 aliphatic heterocycles. The summed E-state index contributed by atoms with van der Waals surface area (Å²) >= 11 is 0. The average molecular weight is 565 g/mol. The summed E-state index contributed by atoms with van der Waals surface area (Å²) in [4.78, 5) is 4.46. The molecule has 0 aliphatic carbocycles. The minimum absolute atomic E-state index is 0.574. The fraction of sp³-hybridized carbons (Fsp3) is 0.769. The van der Waals surface area contributed by atoms with Crippen molar-refractivity contribution in [3.63, 3.8) is 0 Å². The molecule has 0 N–H and O–H groups in total. The third-order valence-electron chi connectivity index (χ3n) is 9.32. The molecule has 2 nitrogen and oxygen atoms in total. The minimum atomic E-state index is 0.574. The summed E-state index contributed by atoms with van der Waals surface area (Å²) in [5.41, 5.74) is 1.50. The number of unbranched alkanes of at least 4 members (excludes halogenated alkanes) is 21. The van der Waals surface area contributed by atoms with Crippen molar-refractivity contribution in [3.05, 3.63) is 54.6 Å². The Kier molecular flexibility index (Phi) is 22.7. The summed E-state index contributed by atoms with van der Waals surface area (Å²) in [5.74, 6) is 0.693. The van der Waals surface area contributed by atoms with Crippen LogP contribution in [0.5, 0.6) is 0 Å². The van der Waals surface area contributed by atoms with E-state index < -0.39 is 0 Å². The highest BCUT2D eigenvalue weighted by Crippen LogP contribution is 2.32. The highest BCUT2D eigenvalue weighted by molar-refractivity contribution is 5.15. The van der Waals surface area contributed by atoms with Crippen LogP contribution in [0.2, 0.25) is 0 Å². The van der Waals surface area contributed by atoms with Crippen LogP contribution in [0.15, 0.2) is 49.1 Å². The van der Waals surface area contributed by atoms with Crippen molar-refractivity contribution < 1.29 is 0 Å². The summed E-state index contributed by atoms with van der Waals surface area (Å²) in [7, 11) is 0. The number of benzene rings is 1. The highest BCUT2D eigenvalue weighted by atomic mass is 15.1. The van der Waals surface area contributed by atoms with Gasteiger partial charge in [-0.3, -0.25) is 0 Å². The summed E-state index contributed by atoms with van der Waals surface area (Å²) in [6, 6.07) is 11.8. The molecule has 234 valence electrons. The van der Waals surface area contributed by atoms with E-state index in [2.05, 4.69) is 66.3 Å². The summed E-state index contributed by atoms with van der Waals surface area (Å²) < 4.78 is 2.44. The van der Waals surface area contributed by atoms with E-state index in [1.54, 1.807) is 0 Å². The van der Waals surface area contributed by atoms with Gasteiger partial charge in [0, 0.05) is 18.4 Å². The Labute approximate surface area is 256 Å². The standard InChI is InChI=1S/C39H68N2/c1-3-5-7-9-11-12-13-14-15-16-17-18-19-21-23-28-32-39(41-34-33-40-36-41)38(35-37-29-25-24-26-30-37)31-27-22-20-10-8-6-4-2/h24-26,29-30,33-34,36,38-39H,3-23,27-28,31-32,35H2,1-2H3. The van der Waals surface area contributed by atoms with Crippen LogP contribution < -0.4 is 0 Å². The van der Waals surface area contributed by atoms with Crippen molar-refractivity contribution in [2.45, 2.75) is 187 Å². The SMILES string of the molecule is CCCCCCCCCCCCCCCCCCC(C(CCCCCCCCC)Cc1ccccc1)n1ccnc1. The Morgan fingerprint density at radius 3 is 1.41 bits per heavy atom. The van der Waals surface area contributed by atoms with E-state index in [-0.39, 0.29) is 0 Å². The van der Waals surface area contributed by atoms with Crippen LogP contribution in [0.1, 0.15) is 186 Å². The van der Waals surface area contributed by atoms with Crippen molar-refractivity contribution in [2.24, 2.45) is 5.92 Å². The van der Waals surface area contributed by atoms with Gasteiger partial charge in [-0.2, -0.15) is 0 Å². The molecule has 1 heterocycles. The molecule has 0 amide bonds. The molecule has 0 aliphatic rings. The van der Waals surface area contributed by atoms with Crippen molar-refractivity contribution in [3.8, 4) is 0 Å². The fourth-order valence-electron chi connectivity index (χ4n) is 6.71. The number of hydrogen-bond acceptors (Lipinski definition) is 1. The first-order chi connectivity index (χ1) is 20.3. The van der Waals surface area contributed by atoms with Gasteiger partial charge in [0.25, 0.3) is 0 Å². The zero-order chi connectivity index (χ0) is 29.1. The van der Waals surface area contributed by atoms with Gasteiger partial charge in [0.1, 0.15) is 0 Å². The molecule has 0 fully saturated rings. The van der Waals surface area contributed by atoms with Gasteiger partial charge in [0.15, 0.2) is 0 Å². The van der Waals surface area contributed by atoms with Gasteiger partial charge in [0.05, 0.1) is 6.33 Å². The van der Waals surface area contributed by atoms with Crippen molar-refractivity contribution in [1.82, 2.24) is 9.55 Å². The Bertz CT molecular complexity index is 768. The molecule has 0 saturated heterocycles. The van der Waals surface area contributed by atoms with E-state index in [0.717, 1.165) is 0 Å². The lowest BCUT2D eigenvalue weighted by molar-refractivity contribution is 0.275. The molecule has 0 bridgehead atoms. The van der Waals surface area contributed by atoms with E-state index >= 15 is 0 Å². The summed E-state index contributed by atoms with van der Waals surface area (Å²) in [6.07, 6.45) is 42.8. The van der Waals surface area contributed by atoms with Gasteiger partial charge in [-0.1, -0.05) is 192 Å². The van der Waals surface area contributed by atoms with Crippen LogP contribution in [0, 0.1) is 5.92 Å². The smallest absolute Gasteiger partial charge is 0.0948 e. The third-order valence-corrected chi connectivity index (χ3v) is 9.32. The number of imidazole rings is 1. The molecule has 2 atom stereocenters. The third kappa shape index (κ3) is 18.6. The second kappa shape index (κ2) is 26.1. The monoisotopic (exact) mass is 565 g/mol. The molecule has 0 saturated carbocycles. The van der Waals surface area contributed by atoms with E-state index in [0.29, 0.717) is 12.0 Å². The van der Waals surface area contributed by atoms with Gasteiger partial charge < -0.3 is 4.57 Å². The first kappa shape index (κ1) is 35.6. The quantitative estimate of drug-likeness (QED) is 0.0898. The van der Waals surface area contributed by atoms with Crippen LogP contribution in [0.3, 0.4) is 0 Å². The molecule has 0 radical (unpaired) electrons. The second-order valence-corrected chi connectivity index (χ2v) is 13.0. The number of aromatic nitrogens is 2. The van der Waals surface area contributed by atoms with Gasteiger partial charge in [0.2, 0.25) is 0 Å². The van der Waals surface area contributed by atoms with Crippen molar-refractivity contribution in [1.29, 1.82) is 0 Å². The van der Waals surface area contributed by atoms with E-state index in [9.17, 15) is 0 Å². The minimum Gasteiger partial charge on any atom is -0.334 e. The Morgan fingerprint density at radius 2 is 0.976 bits per heavy atom. The number of nitrogens with zero attached hydrogens (tertiary/aromatic N) is 2. The number of rotatable bonds is 29. The summed E-state index contributed by atoms with van der Waals surface area (Å²) in [6.45, 7) is 4.61. The van der Waals surface area contributed by atoms with Gasteiger partial charge in [-0.25, -0.2) is 4.98 Å². The average Bonchev–Trinajstić information content (AvgIpc) is 3.53. The lowest BCUT2D eigenvalue weighted by atomic mass is 9.84. The Morgan fingerprint density at radius 1 is 0.537 bits per heavy atom. The zero-order valence-corrected chi connectivity index (χ0v) is 27.6. The van der Waals surface area contributed by atoms with Gasteiger partial charge in [-0.05, 0) is 30.7 Å². The highest BCUT2D eigenvalue weighted by Gasteiger charge is 2.23. The van der Waals surface area contributed by atoms with Crippen LogP contribution in [-0.2, 0) is 6.42 Å². The van der Waals surface area contributed by atoms with Gasteiger partial charge in [-0.15, -0.1) is 0 Å². The molecule has 2 rings (SSSR count). The molecule has 2 heteroatoms. The maximum absolute atomic E-state index is 4.46. The topological polar surface area (TPSA) is 17.8 Å². The molecular weight excluding hydrogens is 496 g/mol. The maximum atomic E-state index is 4.46. The Hall–Kier alpha value is -1.57. The van der Waals surface area contributed by atoms with Crippen LogP contribution in [0.25, 0.3) is 0 Å². The lowest BCUT2D eigenvalue weighted by Crippen LogP contribution is -2.21. The van der Waals surface area contributed by atoms with Crippen LogP contribution in [0.4, 0.5) is 0 Å². The maximum Gasteiger partial charge on any atom is 0.0948 e. The predicted molar refractivity (Wildman–Crippen MR) is 182 cm³/mol. The summed E-state index contributed by atoms with van der Waals surface area (Å²) in [5, 5.41) is 0. The predicted octanol–water partition coefficient (Wildman–Crippen LogP) is 13.1. The molecule has 2 unspecified atom stereocenters. The zero-order valence-electron chi connectivity index (χ0n) is 27.6. The molecule has 1 aromatic heterocycles. The first-order valence-corrected chi connectivity index (χ1v) is 18.4. The van der Waals surface area contributed by atoms with E-state index in [1.165, 1.54) is 173 Å². The Balaban J connectivity index is 1.66. The van der Waals surface area contributed by atoms with Crippen molar-refractivity contribution in [2.75, 3.05) is 0 Å². The lowest BCUT2D eigenvalue weighted by Gasteiger charge is -2.29. The van der Waals surface area contributed by atoms with E-state index in [1.807, 2.05) is 6.20 Å². The van der Waals surface area contributed by atoms with E-state index in [4.69, 9.17) is 0 Å². The van der Waals surface area contributed by atoms with Gasteiger partial charge >= 0.3 is 0 Å². The molecular formula is C39H68N2. The number of hydrogen-bond donors (Lipinski definition) is 0. The normalized spacial score (nSPS) is 13.0. The van der Waals surface area contributed by atoms with Crippen LogP contribution >= 0.6 is 0 Å². The first-order valence-electron chi connectivity index (χ1n) is 18.4. The molecule has 0 spiro atoms. The second-order valence-electron chi connectivity index (χ2n) is 13.0. The molecule has 41 heavy (non-hydrogen) atoms.